The molecule has 1 aliphatic rings. The van der Waals surface area contributed by atoms with Crippen molar-refractivity contribution < 1.29 is 4.79 Å². The van der Waals surface area contributed by atoms with Crippen LogP contribution in [0.3, 0.4) is 0 Å². The van der Waals surface area contributed by atoms with Crippen molar-refractivity contribution in [1.29, 1.82) is 0 Å². The summed E-state index contributed by atoms with van der Waals surface area (Å²) in [6, 6.07) is 4.36. The molecule has 2 amide bonds. The maximum atomic E-state index is 11.7. The molecule has 1 aromatic rings. The lowest BCUT2D eigenvalue weighted by Gasteiger charge is -2.29. The van der Waals surface area contributed by atoms with Crippen LogP contribution in [0.15, 0.2) is 17.5 Å². The molecule has 3 nitrogen and oxygen atoms in total. The smallest absolute Gasteiger partial charge is 0.315 e. The molecule has 1 fully saturated rings. The molecule has 1 aliphatic carbocycles. The van der Waals surface area contributed by atoms with E-state index >= 15 is 0 Å². The zero-order valence-corrected chi connectivity index (χ0v) is 11.1. The van der Waals surface area contributed by atoms with E-state index in [1.807, 2.05) is 17.5 Å². The van der Waals surface area contributed by atoms with Crippen molar-refractivity contribution in [2.24, 2.45) is 5.92 Å². The standard InChI is InChI=1S/C13H20N2OS/c1-10-5-2-3-7-12(10)15-13(16)14-9-11-6-4-8-17-11/h4,6,8,10,12H,2-3,5,7,9H2,1H3,(H2,14,15,16). The minimum Gasteiger partial charge on any atom is -0.335 e. The normalized spacial score (nSPS) is 24.3. The van der Waals surface area contributed by atoms with E-state index in [2.05, 4.69) is 17.6 Å². The molecule has 1 saturated carbocycles. The van der Waals surface area contributed by atoms with E-state index in [1.54, 1.807) is 11.3 Å². The number of carbonyl (C=O) groups is 1. The monoisotopic (exact) mass is 252 g/mol. The third-order valence-electron chi connectivity index (χ3n) is 3.43. The molecule has 0 spiro atoms. The van der Waals surface area contributed by atoms with Gasteiger partial charge in [-0.25, -0.2) is 4.79 Å². The summed E-state index contributed by atoms with van der Waals surface area (Å²) in [5, 5.41) is 8.02. The van der Waals surface area contributed by atoms with E-state index in [9.17, 15) is 4.79 Å². The molecule has 2 unspecified atom stereocenters. The van der Waals surface area contributed by atoms with Crippen molar-refractivity contribution in [3.8, 4) is 0 Å². The predicted octanol–water partition coefficient (Wildman–Crippen LogP) is 3.13. The number of nitrogens with one attached hydrogen (secondary N) is 2. The van der Waals surface area contributed by atoms with Gasteiger partial charge >= 0.3 is 6.03 Å². The molecule has 94 valence electrons. The lowest BCUT2D eigenvalue weighted by atomic mass is 9.86. The van der Waals surface area contributed by atoms with Crippen LogP contribution in [0.5, 0.6) is 0 Å². The van der Waals surface area contributed by atoms with Crippen molar-refractivity contribution in [3.63, 3.8) is 0 Å². The van der Waals surface area contributed by atoms with E-state index in [-0.39, 0.29) is 6.03 Å². The van der Waals surface area contributed by atoms with Crippen LogP contribution >= 0.6 is 11.3 Å². The van der Waals surface area contributed by atoms with Crippen molar-refractivity contribution in [2.45, 2.75) is 45.2 Å². The van der Waals surface area contributed by atoms with Crippen LogP contribution in [0.4, 0.5) is 4.79 Å². The van der Waals surface area contributed by atoms with Gasteiger partial charge in [-0.3, -0.25) is 0 Å². The summed E-state index contributed by atoms with van der Waals surface area (Å²) in [7, 11) is 0. The van der Waals surface area contributed by atoms with E-state index in [0.717, 1.165) is 6.42 Å². The van der Waals surface area contributed by atoms with Crippen molar-refractivity contribution >= 4 is 17.4 Å². The Kier molecular flexibility index (Phi) is 4.42. The topological polar surface area (TPSA) is 41.1 Å². The Balaban J connectivity index is 1.73. The number of urea groups is 1. The van der Waals surface area contributed by atoms with Crippen molar-refractivity contribution in [3.05, 3.63) is 22.4 Å². The van der Waals surface area contributed by atoms with Crippen LogP contribution in [0.1, 0.15) is 37.5 Å². The molecular formula is C13H20N2OS. The minimum absolute atomic E-state index is 0.0304. The number of thiophene rings is 1. The summed E-state index contributed by atoms with van der Waals surface area (Å²) >= 11 is 1.67. The fourth-order valence-electron chi connectivity index (χ4n) is 2.33. The van der Waals surface area contributed by atoms with E-state index < -0.39 is 0 Å². The Hall–Kier alpha value is -1.03. The van der Waals surface area contributed by atoms with Crippen molar-refractivity contribution in [2.75, 3.05) is 0 Å². The van der Waals surface area contributed by atoms with Gasteiger partial charge in [0.25, 0.3) is 0 Å². The predicted molar refractivity (Wildman–Crippen MR) is 71.1 cm³/mol. The van der Waals surface area contributed by atoms with Gasteiger partial charge in [-0.1, -0.05) is 25.8 Å². The first-order valence-corrected chi connectivity index (χ1v) is 7.20. The Labute approximate surface area is 107 Å². The van der Waals surface area contributed by atoms with Gasteiger partial charge in [0.05, 0.1) is 6.54 Å². The lowest BCUT2D eigenvalue weighted by Crippen LogP contribution is -2.45. The minimum atomic E-state index is -0.0304. The number of hydrogen-bond donors (Lipinski definition) is 2. The van der Waals surface area contributed by atoms with Gasteiger partial charge in [0.2, 0.25) is 0 Å². The summed E-state index contributed by atoms with van der Waals surface area (Å²) in [5.74, 6) is 0.608. The van der Waals surface area contributed by atoms with Gasteiger partial charge in [-0.2, -0.15) is 0 Å². The van der Waals surface area contributed by atoms with Crippen molar-refractivity contribution in [1.82, 2.24) is 10.6 Å². The highest BCUT2D eigenvalue weighted by atomic mass is 32.1. The molecule has 0 aliphatic heterocycles. The maximum Gasteiger partial charge on any atom is 0.315 e. The second-order valence-electron chi connectivity index (χ2n) is 4.77. The lowest BCUT2D eigenvalue weighted by molar-refractivity contribution is 0.221. The first kappa shape index (κ1) is 12.4. The molecule has 1 heterocycles. The van der Waals surface area contributed by atoms with Crippen LogP contribution in [-0.4, -0.2) is 12.1 Å². The Morgan fingerprint density at radius 3 is 3.00 bits per heavy atom. The summed E-state index contributed by atoms with van der Waals surface area (Å²) in [5.41, 5.74) is 0. The van der Waals surface area contributed by atoms with Crippen LogP contribution in [0.2, 0.25) is 0 Å². The summed E-state index contributed by atoms with van der Waals surface area (Å²) in [6.45, 7) is 2.86. The molecule has 2 rings (SSSR count). The highest BCUT2D eigenvalue weighted by Crippen LogP contribution is 2.23. The fourth-order valence-corrected chi connectivity index (χ4v) is 2.98. The Morgan fingerprint density at radius 2 is 2.29 bits per heavy atom. The Bertz CT molecular complexity index is 350. The third-order valence-corrected chi connectivity index (χ3v) is 4.31. The number of carbonyl (C=O) groups excluding carboxylic acids is 1. The highest BCUT2D eigenvalue weighted by Gasteiger charge is 2.22. The molecule has 0 saturated heterocycles. The summed E-state index contributed by atoms with van der Waals surface area (Å²) < 4.78 is 0. The maximum absolute atomic E-state index is 11.7. The molecule has 0 radical (unpaired) electrons. The molecule has 2 N–H and O–H groups in total. The summed E-state index contributed by atoms with van der Waals surface area (Å²) in [6.07, 6.45) is 4.89. The third kappa shape index (κ3) is 3.73. The zero-order chi connectivity index (χ0) is 12.1. The molecular weight excluding hydrogens is 232 g/mol. The largest absolute Gasteiger partial charge is 0.335 e. The van der Waals surface area contributed by atoms with Gasteiger partial charge in [-0.15, -0.1) is 11.3 Å². The number of hydrogen-bond acceptors (Lipinski definition) is 2. The van der Waals surface area contributed by atoms with Crippen LogP contribution in [0.25, 0.3) is 0 Å². The first-order chi connectivity index (χ1) is 8.25. The van der Waals surface area contributed by atoms with Gasteiger partial charge in [0, 0.05) is 10.9 Å². The van der Waals surface area contributed by atoms with E-state index in [1.165, 1.54) is 24.1 Å². The molecule has 4 heteroatoms. The van der Waals surface area contributed by atoms with Gasteiger partial charge in [-0.05, 0) is 30.2 Å². The quantitative estimate of drug-likeness (QED) is 0.852. The van der Waals surface area contributed by atoms with Gasteiger partial charge < -0.3 is 10.6 Å². The Morgan fingerprint density at radius 1 is 1.47 bits per heavy atom. The van der Waals surface area contributed by atoms with Crippen LogP contribution < -0.4 is 10.6 Å². The van der Waals surface area contributed by atoms with Gasteiger partial charge in [0.15, 0.2) is 0 Å². The van der Waals surface area contributed by atoms with Crippen LogP contribution in [-0.2, 0) is 6.54 Å². The molecule has 1 aromatic heterocycles. The second-order valence-corrected chi connectivity index (χ2v) is 5.81. The SMILES string of the molecule is CC1CCCCC1NC(=O)NCc1cccs1. The zero-order valence-electron chi connectivity index (χ0n) is 10.2. The molecule has 0 bridgehead atoms. The average molecular weight is 252 g/mol. The van der Waals surface area contributed by atoms with Crippen LogP contribution in [0, 0.1) is 5.92 Å². The molecule has 0 aromatic carbocycles. The van der Waals surface area contributed by atoms with E-state index in [0.29, 0.717) is 18.5 Å². The highest BCUT2D eigenvalue weighted by molar-refractivity contribution is 7.09. The molecule has 17 heavy (non-hydrogen) atoms. The average Bonchev–Trinajstić information content (AvgIpc) is 2.82. The summed E-state index contributed by atoms with van der Waals surface area (Å²) in [4.78, 5) is 12.9. The number of rotatable bonds is 3. The fraction of sp³-hybridized carbons (Fsp3) is 0.615. The van der Waals surface area contributed by atoms with Gasteiger partial charge in [0.1, 0.15) is 0 Å². The molecule has 2 atom stereocenters. The number of amides is 2. The van der Waals surface area contributed by atoms with E-state index in [4.69, 9.17) is 0 Å². The second kappa shape index (κ2) is 6.05. The first-order valence-electron chi connectivity index (χ1n) is 6.32.